The fraction of sp³-hybridized carbons (Fsp3) is 1.00. The standard InChI is InChI=1S/C13H24OS/c14-12-5-1-10(2-6-12)9-11-3-7-13(15)8-4-11/h10-15H,1-9H2. The van der Waals surface area contributed by atoms with Gasteiger partial charge in [0.2, 0.25) is 0 Å². The lowest BCUT2D eigenvalue weighted by atomic mass is 9.77. The number of thiol groups is 1. The van der Waals surface area contributed by atoms with Crippen LogP contribution in [-0.2, 0) is 0 Å². The molecule has 0 aromatic heterocycles. The van der Waals surface area contributed by atoms with Crippen LogP contribution < -0.4 is 0 Å². The van der Waals surface area contributed by atoms with Gasteiger partial charge >= 0.3 is 0 Å². The van der Waals surface area contributed by atoms with Gasteiger partial charge < -0.3 is 5.11 Å². The molecule has 15 heavy (non-hydrogen) atoms. The van der Waals surface area contributed by atoms with Crippen molar-refractivity contribution < 1.29 is 5.11 Å². The molecule has 0 aromatic carbocycles. The van der Waals surface area contributed by atoms with Crippen molar-refractivity contribution in [2.75, 3.05) is 0 Å². The normalized spacial score (nSPS) is 42.8. The number of hydrogen-bond donors (Lipinski definition) is 2. The van der Waals surface area contributed by atoms with E-state index in [9.17, 15) is 5.11 Å². The van der Waals surface area contributed by atoms with E-state index < -0.39 is 0 Å². The van der Waals surface area contributed by atoms with Gasteiger partial charge in [0, 0.05) is 5.25 Å². The molecule has 0 unspecified atom stereocenters. The molecule has 0 heterocycles. The number of hydrogen-bond acceptors (Lipinski definition) is 2. The van der Waals surface area contributed by atoms with Gasteiger partial charge in [0.25, 0.3) is 0 Å². The van der Waals surface area contributed by atoms with Crippen molar-refractivity contribution in [3.63, 3.8) is 0 Å². The fourth-order valence-corrected chi connectivity index (χ4v) is 3.53. The second kappa shape index (κ2) is 5.58. The van der Waals surface area contributed by atoms with Crippen LogP contribution in [-0.4, -0.2) is 16.5 Å². The fourth-order valence-electron chi connectivity index (χ4n) is 3.23. The zero-order valence-electron chi connectivity index (χ0n) is 9.57. The molecule has 2 aliphatic carbocycles. The molecule has 0 radical (unpaired) electrons. The highest BCUT2D eigenvalue weighted by Crippen LogP contribution is 2.36. The minimum absolute atomic E-state index is 0.00873. The summed E-state index contributed by atoms with van der Waals surface area (Å²) in [5.41, 5.74) is 0. The minimum Gasteiger partial charge on any atom is -0.393 e. The summed E-state index contributed by atoms with van der Waals surface area (Å²) >= 11 is 4.55. The van der Waals surface area contributed by atoms with Crippen molar-refractivity contribution >= 4 is 12.6 Å². The van der Waals surface area contributed by atoms with Crippen LogP contribution >= 0.6 is 12.6 Å². The summed E-state index contributed by atoms with van der Waals surface area (Å²) in [6.07, 6.45) is 11.5. The maximum atomic E-state index is 9.46. The third-order valence-electron chi connectivity index (χ3n) is 4.30. The first-order chi connectivity index (χ1) is 7.24. The van der Waals surface area contributed by atoms with Crippen molar-refractivity contribution in [2.24, 2.45) is 11.8 Å². The molecule has 2 fully saturated rings. The Morgan fingerprint density at radius 2 is 1.27 bits per heavy atom. The van der Waals surface area contributed by atoms with Crippen LogP contribution in [0.15, 0.2) is 0 Å². The van der Waals surface area contributed by atoms with E-state index >= 15 is 0 Å². The van der Waals surface area contributed by atoms with Crippen LogP contribution in [0.5, 0.6) is 0 Å². The monoisotopic (exact) mass is 228 g/mol. The van der Waals surface area contributed by atoms with Crippen molar-refractivity contribution in [2.45, 2.75) is 69.1 Å². The van der Waals surface area contributed by atoms with Gasteiger partial charge in [-0.25, -0.2) is 0 Å². The smallest absolute Gasteiger partial charge is 0.0540 e. The molecule has 2 rings (SSSR count). The largest absolute Gasteiger partial charge is 0.393 e. The highest BCUT2D eigenvalue weighted by Gasteiger charge is 2.25. The van der Waals surface area contributed by atoms with Gasteiger partial charge in [0.15, 0.2) is 0 Å². The second-order valence-electron chi connectivity index (χ2n) is 5.58. The molecular formula is C13H24OS. The molecule has 1 nitrogen and oxygen atoms in total. The van der Waals surface area contributed by atoms with Gasteiger partial charge in [-0.2, -0.15) is 12.6 Å². The summed E-state index contributed by atoms with van der Waals surface area (Å²) in [5, 5.41) is 10.1. The van der Waals surface area contributed by atoms with E-state index in [4.69, 9.17) is 0 Å². The predicted octanol–water partition coefficient (Wildman–Crippen LogP) is 3.42. The van der Waals surface area contributed by atoms with Crippen LogP contribution in [0.3, 0.4) is 0 Å². The molecule has 88 valence electrons. The first-order valence-corrected chi connectivity index (χ1v) is 7.12. The van der Waals surface area contributed by atoms with Gasteiger partial charge in [-0.1, -0.05) is 0 Å². The van der Waals surface area contributed by atoms with Crippen molar-refractivity contribution in [1.29, 1.82) is 0 Å². The van der Waals surface area contributed by atoms with E-state index in [0.717, 1.165) is 24.7 Å². The molecule has 0 atom stereocenters. The van der Waals surface area contributed by atoms with E-state index in [-0.39, 0.29) is 6.10 Å². The van der Waals surface area contributed by atoms with Gasteiger partial charge in [0.05, 0.1) is 6.10 Å². The molecule has 1 N–H and O–H groups in total. The first-order valence-electron chi connectivity index (χ1n) is 6.60. The Balaban J connectivity index is 1.68. The Hall–Kier alpha value is 0.310. The highest BCUT2D eigenvalue weighted by molar-refractivity contribution is 7.80. The lowest BCUT2D eigenvalue weighted by Crippen LogP contribution is -2.22. The average Bonchev–Trinajstić information content (AvgIpc) is 2.25. The number of rotatable bonds is 2. The Morgan fingerprint density at radius 1 is 0.800 bits per heavy atom. The summed E-state index contributed by atoms with van der Waals surface area (Å²) in [6.45, 7) is 0. The third-order valence-corrected chi connectivity index (χ3v) is 4.82. The zero-order valence-corrected chi connectivity index (χ0v) is 10.5. The third kappa shape index (κ3) is 3.67. The summed E-state index contributed by atoms with van der Waals surface area (Å²) in [7, 11) is 0. The molecule has 2 aliphatic rings. The minimum atomic E-state index is 0.00873. The molecule has 0 aliphatic heterocycles. The Morgan fingerprint density at radius 3 is 1.80 bits per heavy atom. The lowest BCUT2D eigenvalue weighted by molar-refractivity contribution is 0.0988. The number of aliphatic hydroxyl groups is 1. The van der Waals surface area contributed by atoms with Gasteiger partial charge in [-0.05, 0) is 69.6 Å². The Labute approximate surface area is 99.1 Å². The zero-order chi connectivity index (χ0) is 10.7. The molecule has 0 amide bonds. The van der Waals surface area contributed by atoms with Gasteiger partial charge in [0.1, 0.15) is 0 Å². The SMILES string of the molecule is OC1CCC(CC2CCC(S)CC2)CC1. The molecule has 2 saturated carbocycles. The van der Waals surface area contributed by atoms with E-state index in [0.29, 0.717) is 5.25 Å². The van der Waals surface area contributed by atoms with Crippen LogP contribution in [0.2, 0.25) is 0 Å². The Bertz CT molecular complexity index is 159. The summed E-state index contributed by atoms with van der Waals surface area (Å²) in [4.78, 5) is 0. The number of aliphatic hydroxyl groups excluding tert-OH is 1. The first kappa shape index (κ1) is 11.8. The van der Waals surface area contributed by atoms with Crippen molar-refractivity contribution in [3.05, 3.63) is 0 Å². The summed E-state index contributed by atoms with van der Waals surface area (Å²) < 4.78 is 0. The van der Waals surface area contributed by atoms with Crippen molar-refractivity contribution in [1.82, 2.24) is 0 Å². The van der Waals surface area contributed by atoms with Crippen LogP contribution in [0.25, 0.3) is 0 Å². The maximum Gasteiger partial charge on any atom is 0.0540 e. The van der Waals surface area contributed by atoms with E-state index in [1.54, 1.807) is 0 Å². The Kier molecular flexibility index (Phi) is 4.39. The molecule has 0 bridgehead atoms. The quantitative estimate of drug-likeness (QED) is 0.694. The molecule has 2 heteroatoms. The van der Waals surface area contributed by atoms with Gasteiger partial charge in [-0.3, -0.25) is 0 Å². The van der Waals surface area contributed by atoms with E-state index in [1.165, 1.54) is 44.9 Å². The summed E-state index contributed by atoms with van der Waals surface area (Å²) in [6, 6.07) is 0. The van der Waals surface area contributed by atoms with Crippen LogP contribution in [0, 0.1) is 11.8 Å². The maximum absolute atomic E-state index is 9.46. The van der Waals surface area contributed by atoms with Crippen LogP contribution in [0.1, 0.15) is 57.8 Å². The molecular weight excluding hydrogens is 204 g/mol. The van der Waals surface area contributed by atoms with E-state index in [1.807, 2.05) is 0 Å². The predicted molar refractivity (Wildman–Crippen MR) is 67.3 cm³/mol. The second-order valence-corrected chi connectivity index (χ2v) is 6.32. The highest BCUT2D eigenvalue weighted by atomic mass is 32.1. The van der Waals surface area contributed by atoms with Crippen LogP contribution in [0.4, 0.5) is 0 Å². The molecule has 0 aromatic rings. The van der Waals surface area contributed by atoms with Crippen molar-refractivity contribution in [3.8, 4) is 0 Å². The van der Waals surface area contributed by atoms with E-state index in [2.05, 4.69) is 12.6 Å². The molecule has 0 saturated heterocycles. The average molecular weight is 228 g/mol. The van der Waals surface area contributed by atoms with Gasteiger partial charge in [-0.15, -0.1) is 0 Å². The molecule has 0 spiro atoms. The summed E-state index contributed by atoms with van der Waals surface area (Å²) in [5.74, 6) is 1.88. The topological polar surface area (TPSA) is 20.2 Å². The lowest BCUT2D eigenvalue weighted by Gasteiger charge is -2.31.